The van der Waals surface area contributed by atoms with Gasteiger partial charge in [-0.2, -0.15) is 0 Å². The SMILES string of the molecule is C[C@]12CC34CCC(=O)C[C@H]3C(CC1C4)O2. The van der Waals surface area contributed by atoms with E-state index in [-0.39, 0.29) is 5.60 Å². The number of hydrogen-bond donors (Lipinski definition) is 0. The molecule has 2 nitrogen and oxygen atoms in total. The van der Waals surface area contributed by atoms with Crippen molar-refractivity contribution < 1.29 is 9.53 Å². The maximum Gasteiger partial charge on any atom is 0.133 e. The first kappa shape index (κ1) is 8.74. The highest BCUT2D eigenvalue weighted by Gasteiger charge is 2.68. The fourth-order valence-corrected chi connectivity index (χ4v) is 5.15. The number of Topliss-reactive ketones (excluding diaryl/α,β-unsaturated/α-hetero) is 1. The van der Waals surface area contributed by atoms with Gasteiger partial charge in [-0.05, 0) is 49.9 Å². The third-order valence-corrected chi connectivity index (χ3v) is 5.74. The Kier molecular flexibility index (Phi) is 1.35. The molecular weight excluding hydrogens is 188 g/mol. The van der Waals surface area contributed by atoms with Crippen LogP contribution < -0.4 is 0 Å². The maximum absolute atomic E-state index is 11.6. The summed E-state index contributed by atoms with van der Waals surface area (Å²) in [4.78, 5) is 11.6. The molecule has 5 fully saturated rings. The molecule has 5 aliphatic rings. The van der Waals surface area contributed by atoms with E-state index in [4.69, 9.17) is 4.74 Å². The van der Waals surface area contributed by atoms with Gasteiger partial charge in [0.2, 0.25) is 0 Å². The smallest absolute Gasteiger partial charge is 0.133 e. The highest BCUT2D eigenvalue weighted by Crippen LogP contribution is 2.69. The van der Waals surface area contributed by atoms with Gasteiger partial charge < -0.3 is 4.74 Å². The Morgan fingerprint density at radius 1 is 1.47 bits per heavy atom. The summed E-state index contributed by atoms with van der Waals surface area (Å²) in [7, 11) is 0. The van der Waals surface area contributed by atoms with Crippen LogP contribution in [0.5, 0.6) is 0 Å². The molecule has 0 amide bonds. The Morgan fingerprint density at radius 2 is 2.33 bits per heavy atom. The van der Waals surface area contributed by atoms with Gasteiger partial charge in [0.1, 0.15) is 5.78 Å². The van der Waals surface area contributed by atoms with Crippen molar-refractivity contribution in [3.63, 3.8) is 0 Å². The van der Waals surface area contributed by atoms with Crippen molar-refractivity contribution in [1.82, 2.24) is 0 Å². The van der Waals surface area contributed by atoms with Crippen LogP contribution in [0.15, 0.2) is 0 Å². The van der Waals surface area contributed by atoms with Gasteiger partial charge in [-0.3, -0.25) is 4.79 Å². The summed E-state index contributed by atoms with van der Waals surface area (Å²) >= 11 is 0. The van der Waals surface area contributed by atoms with Crippen molar-refractivity contribution in [3.05, 3.63) is 0 Å². The molecule has 5 rings (SSSR count). The topological polar surface area (TPSA) is 26.3 Å². The lowest BCUT2D eigenvalue weighted by Gasteiger charge is -2.49. The summed E-state index contributed by atoms with van der Waals surface area (Å²) in [5.41, 5.74) is 0.691. The molecule has 5 atom stereocenters. The number of rotatable bonds is 0. The highest BCUT2D eigenvalue weighted by molar-refractivity contribution is 5.80. The van der Waals surface area contributed by atoms with Gasteiger partial charge >= 0.3 is 0 Å². The summed E-state index contributed by atoms with van der Waals surface area (Å²) in [5, 5.41) is 0. The van der Waals surface area contributed by atoms with Crippen LogP contribution in [0.25, 0.3) is 0 Å². The van der Waals surface area contributed by atoms with Gasteiger partial charge in [-0.15, -0.1) is 0 Å². The summed E-state index contributed by atoms with van der Waals surface area (Å²) in [6.45, 7) is 2.30. The lowest BCUT2D eigenvalue weighted by Crippen LogP contribution is -2.48. The molecule has 2 saturated heterocycles. The summed E-state index contributed by atoms with van der Waals surface area (Å²) in [6.07, 6.45) is 7.04. The first-order valence-corrected chi connectivity index (χ1v) is 6.31. The van der Waals surface area contributed by atoms with E-state index < -0.39 is 0 Å². The fraction of sp³-hybridized carbons (Fsp3) is 0.923. The van der Waals surface area contributed by atoms with E-state index in [1.165, 1.54) is 19.3 Å². The molecule has 0 aromatic carbocycles. The van der Waals surface area contributed by atoms with Crippen LogP contribution in [0.2, 0.25) is 0 Å². The average molecular weight is 206 g/mol. The standard InChI is InChI=1S/C13H18O2/c1-12-7-13-3-2-9(14)5-10(13)11(15-12)4-8(12)6-13/h8,10-11H,2-7H2,1H3/t8?,10-,11?,12-,13?/m0/s1. The van der Waals surface area contributed by atoms with E-state index in [2.05, 4.69) is 6.92 Å². The van der Waals surface area contributed by atoms with Gasteiger partial charge in [-0.25, -0.2) is 0 Å². The van der Waals surface area contributed by atoms with Crippen LogP contribution in [0.4, 0.5) is 0 Å². The largest absolute Gasteiger partial charge is 0.371 e. The van der Waals surface area contributed by atoms with Crippen molar-refractivity contribution in [2.24, 2.45) is 17.3 Å². The zero-order valence-corrected chi connectivity index (χ0v) is 9.29. The van der Waals surface area contributed by atoms with E-state index in [1.807, 2.05) is 0 Å². The van der Waals surface area contributed by atoms with Crippen molar-refractivity contribution >= 4 is 5.78 Å². The molecule has 0 aromatic heterocycles. The van der Waals surface area contributed by atoms with E-state index in [1.54, 1.807) is 0 Å². The highest BCUT2D eigenvalue weighted by atomic mass is 16.5. The summed E-state index contributed by atoms with van der Waals surface area (Å²) < 4.78 is 6.20. The fourth-order valence-electron chi connectivity index (χ4n) is 5.15. The Morgan fingerprint density at radius 3 is 3.13 bits per heavy atom. The van der Waals surface area contributed by atoms with Crippen LogP contribution in [0.3, 0.4) is 0 Å². The molecule has 3 aliphatic carbocycles. The first-order valence-electron chi connectivity index (χ1n) is 6.31. The van der Waals surface area contributed by atoms with E-state index >= 15 is 0 Å². The molecule has 1 spiro atoms. The predicted octanol–water partition coefficient (Wildman–Crippen LogP) is 2.31. The lowest BCUT2D eigenvalue weighted by atomic mass is 9.59. The number of carbonyl (C=O) groups excluding carboxylic acids is 1. The van der Waals surface area contributed by atoms with Crippen LogP contribution >= 0.6 is 0 Å². The third-order valence-electron chi connectivity index (χ3n) is 5.74. The van der Waals surface area contributed by atoms with Crippen molar-refractivity contribution in [2.75, 3.05) is 0 Å². The molecule has 4 bridgehead atoms. The van der Waals surface area contributed by atoms with Gasteiger partial charge in [0, 0.05) is 12.8 Å². The molecule has 3 saturated carbocycles. The van der Waals surface area contributed by atoms with E-state index in [9.17, 15) is 4.79 Å². The zero-order chi connectivity index (χ0) is 10.3. The Labute approximate surface area is 90.4 Å². The Hall–Kier alpha value is -0.370. The predicted molar refractivity (Wildman–Crippen MR) is 55.4 cm³/mol. The quantitative estimate of drug-likeness (QED) is 0.608. The van der Waals surface area contributed by atoms with Gasteiger partial charge in [0.05, 0.1) is 11.7 Å². The molecule has 3 unspecified atom stereocenters. The van der Waals surface area contributed by atoms with Gasteiger partial charge in [0.25, 0.3) is 0 Å². The lowest BCUT2D eigenvalue weighted by molar-refractivity contribution is -0.156. The number of ketones is 1. The van der Waals surface area contributed by atoms with Crippen LogP contribution in [-0.4, -0.2) is 17.5 Å². The summed E-state index contributed by atoms with van der Waals surface area (Å²) in [5.74, 6) is 1.85. The molecule has 2 heterocycles. The molecule has 82 valence electrons. The molecule has 2 aliphatic heterocycles. The molecule has 0 radical (unpaired) electrons. The van der Waals surface area contributed by atoms with Crippen molar-refractivity contribution in [1.29, 1.82) is 0 Å². The second kappa shape index (κ2) is 2.32. The van der Waals surface area contributed by atoms with Crippen LogP contribution in [-0.2, 0) is 9.53 Å². The van der Waals surface area contributed by atoms with Crippen molar-refractivity contribution in [3.8, 4) is 0 Å². The molecule has 0 N–H and O–H groups in total. The second-order valence-electron chi connectivity index (χ2n) is 6.49. The minimum Gasteiger partial charge on any atom is -0.371 e. The van der Waals surface area contributed by atoms with Crippen molar-refractivity contribution in [2.45, 2.75) is 57.2 Å². The molecule has 2 heteroatoms. The minimum absolute atomic E-state index is 0.182. The van der Waals surface area contributed by atoms with Crippen LogP contribution in [0, 0.1) is 17.3 Å². The second-order valence-corrected chi connectivity index (χ2v) is 6.49. The monoisotopic (exact) mass is 206 g/mol. The van der Waals surface area contributed by atoms with Gasteiger partial charge in [0.15, 0.2) is 0 Å². The van der Waals surface area contributed by atoms with Crippen LogP contribution in [0.1, 0.15) is 45.4 Å². The zero-order valence-electron chi connectivity index (χ0n) is 9.29. The number of hydrogen-bond acceptors (Lipinski definition) is 2. The number of carbonyl (C=O) groups is 1. The maximum atomic E-state index is 11.6. The van der Waals surface area contributed by atoms with Gasteiger partial charge in [-0.1, -0.05) is 0 Å². The average Bonchev–Trinajstić information content (AvgIpc) is 2.54. The molecule has 15 heavy (non-hydrogen) atoms. The first-order chi connectivity index (χ1) is 7.11. The molecular formula is C13H18O2. The molecule has 0 aromatic rings. The summed E-state index contributed by atoms with van der Waals surface area (Å²) in [6, 6.07) is 0. The Balaban J connectivity index is 1.78. The number of ether oxygens (including phenoxy) is 1. The Bertz CT molecular complexity index is 350. The minimum atomic E-state index is 0.182. The van der Waals surface area contributed by atoms with E-state index in [0.717, 1.165) is 25.2 Å². The van der Waals surface area contributed by atoms with E-state index in [0.29, 0.717) is 23.2 Å². The normalized spacial score (nSPS) is 61.1. The third kappa shape index (κ3) is 0.885.